The van der Waals surface area contributed by atoms with Crippen LogP contribution >= 0.6 is 0 Å². The first-order chi connectivity index (χ1) is 9.60. The van der Waals surface area contributed by atoms with Crippen molar-refractivity contribution in [2.24, 2.45) is 7.05 Å². The Balaban J connectivity index is 2.08. The summed E-state index contributed by atoms with van der Waals surface area (Å²) in [4.78, 5) is 29.1. The average molecular weight is 273 g/mol. The molecule has 0 atom stereocenters. The number of carbonyl (C=O) groups excluding carboxylic acids is 2. The highest BCUT2D eigenvalue weighted by molar-refractivity contribution is 6.08. The molecule has 0 aliphatic carbocycles. The number of pyridine rings is 1. The minimum atomic E-state index is -0.430. The van der Waals surface area contributed by atoms with Gasteiger partial charge in [-0.2, -0.15) is 5.10 Å². The number of hydrogen-bond donors (Lipinski definition) is 1. The van der Waals surface area contributed by atoms with Gasteiger partial charge in [-0.05, 0) is 18.6 Å². The molecular formula is C13H15N5O2. The Labute approximate surface area is 115 Å². The minimum absolute atomic E-state index is 0.252. The fourth-order valence-corrected chi connectivity index (χ4v) is 2.31. The summed E-state index contributed by atoms with van der Waals surface area (Å²) < 4.78 is 1.66. The van der Waals surface area contributed by atoms with E-state index < -0.39 is 6.03 Å². The molecule has 2 aromatic heterocycles. The van der Waals surface area contributed by atoms with E-state index in [4.69, 9.17) is 0 Å². The van der Waals surface area contributed by atoms with Crippen molar-refractivity contribution in [3.8, 4) is 0 Å². The Kier molecular flexibility index (Phi) is 2.89. The standard InChI is InChI=1S/C13H15N5O2/c1-3-8-4-5-9-11(14-8)17(2)16-12(9)18-7-6-10(19)15-13(18)20/h4-5H,3,6-7H2,1-2H3,(H,15,19,20). The van der Waals surface area contributed by atoms with E-state index in [1.807, 2.05) is 19.1 Å². The van der Waals surface area contributed by atoms with E-state index in [0.29, 0.717) is 12.4 Å². The van der Waals surface area contributed by atoms with Gasteiger partial charge in [-0.3, -0.25) is 15.0 Å². The van der Waals surface area contributed by atoms with Crippen LogP contribution in [0.1, 0.15) is 19.0 Å². The smallest absolute Gasteiger partial charge is 0.278 e. The maximum absolute atomic E-state index is 11.9. The number of imide groups is 1. The Morgan fingerprint density at radius 3 is 2.85 bits per heavy atom. The predicted molar refractivity (Wildman–Crippen MR) is 73.4 cm³/mol. The molecule has 20 heavy (non-hydrogen) atoms. The van der Waals surface area contributed by atoms with E-state index in [-0.39, 0.29) is 12.3 Å². The van der Waals surface area contributed by atoms with Crippen LogP contribution in [0.2, 0.25) is 0 Å². The molecule has 0 aromatic carbocycles. The molecular weight excluding hydrogens is 258 g/mol. The van der Waals surface area contributed by atoms with Gasteiger partial charge in [0.1, 0.15) is 0 Å². The van der Waals surface area contributed by atoms with Gasteiger partial charge in [0.15, 0.2) is 11.5 Å². The third-order valence-electron chi connectivity index (χ3n) is 3.40. The summed E-state index contributed by atoms with van der Waals surface area (Å²) in [6.07, 6.45) is 1.12. The summed E-state index contributed by atoms with van der Waals surface area (Å²) in [6.45, 7) is 2.38. The molecule has 1 aliphatic rings. The molecule has 2 aromatic rings. The van der Waals surface area contributed by atoms with Crippen LogP contribution in [0.3, 0.4) is 0 Å². The largest absolute Gasteiger partial charge is 0.329 e. The molecule has 0 spiro atoms. The molecule has 7 nitrogen and oxygen atoms in total. The highest BCUT2D eigenvalue weighted by Gasteiger charge is 2.28. The number of carbonyl (C=O) groups is 2. The van der Waals surface area contributed by atoms with Crippen molar-refractivity contribution in [1.29, 1.82) is 0 Å². The molecule has 1 fully saturated rings. The van der Waals surface area contributed by atoms with Gasteiger partial charge in [0.05, 0.1) is 5.39 Å². The van der Waals surface area contributed by atoms with Crippen LogP contribution in [-0.2, 0) is 18.3 Å². The molecule has 3 rings (SSSR count). The van der Waals surface area contributed by atoms with Crippen LogP contribution in [0.4, 0.5) is 10.6 Å². The number of aromatic nitrogens is 3. The first kappa shape index (κ1) is 12.6. The van der Waals surface area contributed by atoms with Crippen molar-refractivity contribution in [2.45, 2.75) is 19.8 Å². The van der Waals surface area contributed by atoms with Gasteiger partial charge < -0.3 is 0 Å². The van der Waals surface area contributed by atoms with Crippen molar-refractivity contribution in [1.82, 2.24) is 20.1 Å². The summed E-state index contributed by atoms with van der Waals surface area (Å²) in [5, 5.41) is 7.49. The van der Waals surface area contributed by atoms with E-state index in [1.165, 1.54) is 4.90 Å². The highest BCUT2D eigenvalue weighted by Crippen LogP contribution is 2.26. The van der Waals surface area contributed by atoms with Gasteiger partial charge in [0, 0.05) is 25.7 Å². The second-order valence-corrected chi connectivity index (χ2v) is 4.73. The van der Waals surface area contributed by atoms with E-state index in [2.05, 4.69) is 15.4 Å². The maximum atomic E-state index is 11.9. The quantitative estimate of drug-likeness (QED) is 0.884. The topological polar surface area (TPSA) is 80.1 Å². The number of hydrogen-bond acceptors (Lipinski definition) is 4. The Hall–Kier alpha value is -2.44. The number of anilines is 1. The van der Waals surface area contributed by atoms with E-state index >= 15 is 0 Å². The molecule has 0 bridgehead atoms. The van der Waals surface area contributed by atoms with Gasteiger partial charge in [0.2, 0.25) is 5.91 Å². The summed E-state index contributed by atoms with van der Waals surface area (Å²) in [7, 11) is 1.80. The van der Waals surface area contributed by atoms with Crippen molar-refractivity contribution in [3.05, 3.63) is 17.8 Å². The number of urea groups is 1. The Bertz CT molecular complexity index is 706. The number of nitrogens with zero attached hydrogens (tertiary/aromatic N) is 4. The lowest BCUT2D eigenvalue weighted by molar-refractivity contribution is -0.120. The normalized spacial score (nSPS) is 15.8. The highest BCUT2D eigenvalue weighted by atomic mass is 16.2. The summed E-state index contributed by atoms with van der Waals surface area (Å²) in [5.74, 6) is 0.292. The molecule has 1 saturated heterocycles. The molecule has 0 unspecified atom stereocenters. The fourth-order valence-electron chi connectivity index (χ4n) is 2.31. The molecule has 0 saturated carbocycles. The second-order valence-electron chi connectivity index (χ2n) is 4.73. The lowest BCUT2D eigenvalue weighted by Crippen LogP contribution is -2.49. The molecule has 3 amide bonds. The average Bonchev–Trinajstić information content (AvgIpc) is 2.75. The van der Waals surface area contributed by atoms with Crippen LogP contribution in [0.15, 0.2) is 12.1 Å². The Morgan fingerprint density at radius 1 is 1.35 bits per heavy atom. The zero-order valence-electron chi connectivity index (χ0n) is 11.4. The molecule has 3 heterocycles. The van der Waals surface area contributed by atoms with Gasteiger partial charge in [0.25, 0.3) is 0 Å². The molecule has 1 aliphatic heterocycles. The maximum Gasteiger partial charge on any atom is 0.329 e. The molecule has 104 valence electrons. The number of fused-ring (bicyclic) bond motifs is 1. The third kappa shape index (κ3) is 1.91. The lowest BCUT2D eigenvalue weighted by atomic mass is 10.2. The van der Waals surface area contributed by atoms with E-state index in [1.54, 1.807) is 11.7 Å². The zero-order valence-corrected chi connectivity index (χ0v) is 11.4. The van der Waals surface area contributed by atoms with Crippen molar-refractivity contribution >= 4 is 28.8 Å². The summed E-state index contributed by atoms with van der Waals surface area (Å²) in [5.41, 5.74) is 1.72. The van der Waals surface area contributed by atoms with Gasteiger partial charge in [-0.25, -0.2) is 14.5 Å². The lowest BCUT2D eigenvalue weighted by Gasteiger charge is -2.24. The Morgan fingerprint density at radius 2 is 2.15 bits per heavy atom. The number of rotatable bonds is 2. The number of aryl methyl sites for hydroxylation is 2. The van der Waals surface area contributed by atoms with Crippen LogP contribution in [0.5, 0.6) is 0 Å². The summed E-state index contributed by atoms with van der Waals surface area (Å²) in [6, 6.07) is 3.43. The van der Waals surface area contributed by atoms with E-state index in [0.717, 1.165) is 23.1 Å². The van der Waals surface area contributed by atoms with Crippen molar-refractivity contribution in [2.75, 3.05) is 11.4 Å². The van der Waals surface area contributed by atoms with Crippen LogP contribution in [0.25, 0.3) is 11.0 Å². The van der Waals surface area contributed by atoms with Crippen LogP contribution in [0, 0.1) is 0 Å². The van der Waals surface area contributed by atoms with Crippen LogP contribution in [-0.4, -0.2) is 33.2 Å². The first-order valence-corrected chi connectivity index (χ1v) is 6.54. The molecule has 1 N–H and O–H groups in total. The predicted octanol–water partition coefficient (Wildman–Crippen LogP) is 0.977. The van der Waals surface area contributed by atoms with Gasteiger partial charge in [-0.1, -0.05) is 6.92 Å². The SMILES string of the molecule is CCc1ccc2c(N3CCC(=O)NC3=O)nn(C)c2n1. The first-order valence-electron chi connectivity index (χ1n) is 6.54. The van der Waals surface area contributed by atoms with E-state index in [9.17, 15) is 9.59 Å². The second kappa shape index (κ2) is 4.59. The monoisotopic (exact) mass is 273 g/mol. The minimum Gasteiger partial charge on any atom is -0.278 e. The van der Waals surface area contributed by atoms with Gasteiger partial charge in [-0.15, -0.1) is 0 Å². The van der Waals surface area contributed by atoms with Crippen LogP contribution < -0.4 is 10.2 Å². The zero-order chi connectivity index (χ0) is 14.3. The number of amides is 3. The van der Waals surface area contributed by atoms with Crippen molar-refractivity contribution in [3.63, 3.8) is 0 Å². The summed E-state index contributed by atoms with van der Waals surface area (Å²) >= 11 is 0. The fraction of sp³-hybridized carbons (Fsp3) is 0.385. The van der Waals surface area contributed by atoms with Gasteiger partial charge >= 0.3 is 6.03 Å². The molecule has 7 heteroatoms. The number of nitrogens with one attached hydrogen (secondary N) is 1. The van der Waals surface area contributed by atoms with Crippen molar-refractivity contribution < 1.29 is 9.59 Å². The third-order valence-corrected chi connectivity index (χ3v) is 3.40. The molecule has 0 radical (unpaired) electrons.